The molecule has 4 nitrogen and oxygen atoms in total. The first-order valence-corrected chi connectivity index (χ1v) is 12.9. The minimum absolute atomic E-state index is 0.213. The number of anilines is 2. The number of rotatable bonds is 8. The van der Waals surface area contributed by atoms with Gasteiger partial charge in [-0.15, -0.1) is 0 Å². The van der Waals surface area contributed by atoms with E-state index < -0.39 is 0 Å². The predicted octanol–water partition coefficient (Wildman–Crippen LogP) is 7.38. The molecule has 0 saturated carbocycles. The summed E-state index contributed by atoms with van der Waals surface area (Å²) in [5.41, 5.74) is 8.90. The fourth-order valence-corrected chi connectivity index (χ4v) is 5.64. The third kappa shape index (κ3) is 4.33. The van der Waals surface area contributed by atoms with E-state index >= 15 is 0 Å². The van der Waals surface area contributed by atoms with Crippen molar-refractivity contribution in [2.24, 2.45) is 0 Å². The Morgan fingerprint density at radius 1 is 0.730 bits per heavy atom. The maximum atomic E-state index is 5.78. The van der Waals surface area contributed by atoms with Gasteiger partial charge in [0.1, 0.15) is 0 Å². The molecule has 0 amide bonds. The van der Waals surface area contributed by atoms with Crippen molar-refractivity contribution in [3.05, 3.63) is 114 Å². The van der Waals surface area contributed by atoms with Crippen LogP contribution in [-0.4, -0.2) is 38.5 Å². The number of methoxy groups -OCH3 is 1. The largest absolute Gasteiger partial charge is 0.382 e. The zero-order valence-electron chi connectivity index (χ0n) is 21.4. The van der Waals surface area contributed by atoms with Gasteiger partial charge < -0.3 is 18.9 Å². The van der Waals surface area contributed by atoms with Gasteiger partial charge in [0, 0.05) is 59.8 Å². The minimum Gasteiger partial charge on any atom is -0.382 e. The van der Waals surface area contributed by atoms with Crippen LogP contribution in [0.5, 0.6) is 0 Å². The van der Waals surface area contributed by atoms with Gasteiger partial charge in [-0.05, 0) is 47.0 Å². The standard InChI is InChI=1S/C33H32N2O2/c1-34-30-12-6-3-9-26(30)25(27-10-4-7-13-31(27)34)17-15-24-16-18-33-29(23-24)28-11-5-8-14-32(28)35(33)19-20-37-22-21-36-2/h3-18,23,25H,19-22H2,1-2H3/b17-15+. The molecule has 4 heteroatoms. The monoisotopic (exact) mass is 488 g/mol. The molecule has 4 aromatic carbocycles. The first-order valence-electron chi connectivity index (χ1n) is 12.9. The average Bonchev–Trinajstić information content (AvgIpc) is 3.26. The molecule has 0 saturated heterocycles. The summed E-state index contributed by atoms with van der Waals surface area (Å²) < 4.78 is 13.3. The van der Waals surface area contributed by atoms with Crippen molar-refractivity contribution in [1.29, 1.82) is 0 Å². The highest BCUT2D eigenvalue weighted by Crippen LogP contribution is 2.45. The molecule has 1 aromatic heterocycles. The van der Waals surface area contributed by atoms with Gasteiger partial charge in [-0.1, -0.05) is 72.8 Å². The van der Waals surface area contributed by atoms with Crippen LogP contribution < -0.4 is 4.90 Å². The zero-order valence-corrected chi connectivity index (χ0v) is 21.4. The Morgan fingerprint density at radius 3 is 2.16 bits per heavy atom. The zero-order chi connectivity index (χ0) is 25.2. The molecule has 0 unspecified atom stereocenters. The van der Waals surface area contributed by atoms with Crippen LogP contribution in [0.1, 0.15) is 22.6 Å². The highest BCUT2D eigenvalue weighted by atomic mass is 16.5. The number of hydrogen-bond acceptors (Lipinski definition) is 3. The van der Waals surface area contributed by atoms with Crippen LogP contribution in [-0.2, 0) is 16.0 Å². The van der Waals surface area contributed by atoms with Crippen LogP contribution in [0.4, 0.5) is 11.4 Å². The summed E-state index contributed by atoms with van der Waals surface area (Å²) in [6.45, 7) is 2.71. The van der Waals surface area contributed by atoms with Gasteiger partial charge in [0.2, 0.25) is 0 Å². The van der Waals surface area contributed by atoms with Crippen LogP contribution in [0.15, 0.2) is 97.1 Å². The Labute approximate surface area is 218 Å². The van der Waals surface area contributed by atoms with Crippen LogP contribution >= 0.6 is 0 Å². The molecule has 37 heavy (non-hydrogen) atoms. The SMILES string of the molecule is COCCOCCn1c2ccccc2c2cc(/C=C/C3c4ccccc4N(C)c4ccccc43)ccc21. The van der Waals surface area contributed by atoms with Crippen LogP contribution in [0.2, 0.25) is 0 Å². The van der Waals surface area contributed by atoms with Crippen molar-refractivity contribution in [3.8, 4) is 0 Å². The lowest BCUT2D eigenvalue weighted by Crippen LogP contribution is -2.20. The number of benzene rings is 4. The van der Waals surface area contributed by atoms with Crippen molar-refractivity contribution < 1.29 is 9.47 Å². The second-order valence-corrected chi connectivity index (χ2v) is 9.56. The highest BCUT2D eigenvalue weighted by molar-refractivity contribution is 6.08. The lowest BCUT2D eigenvalue weighted by molar-refractivity contribution is 0.0673. The van der Waals surface area contributed by atoms with Crippen molar-refractivity contribution in [3.63, 3.8) is 0 Å². The average molecular weight is 489 g/mol. The lowest BCUT2D eigenvalue weighted by atomic mass is 9.84. The molecule has 0 N–H and O–H groups in total. The molecule has 2 heterocycles. The first kappa shape index (κ1) is 23.5. The smallest absolute Gasteiger partial charge is 0.0701 e. The molecule has 5 aromatic rings. The molecular formula is C33H32N2O2. The Kier molecular flexibility index (Phi) is 6.52. The number of ether oxygens (including phenoxy) is 2. The fraction of sp³-hybridized carbons (Fsp3) is 0.212. The van der Waals surface area contributed by atoms with Gasteiger partial charge in [-0.25, -0.2) is 0 Å². The van der Waals surface area contributed by atoms with Gasteiger partial charge >= 0.3 is 0 Å². The Balaban J connectivity index is 1.36. The van der Waals surface area contributed by atoms with Crippen LogP contribution in [0, 0.1) is 0 Å². The fourth-order valence-electron chi connectivity index (χ4n) is 5.64. The highest BCUT2D eigenvalue weighted by Gasteiger charge is 2.26. The minimum atomic E-state index is 0.213. The quantitative estimate of drug-likeness (QED) is 0.213. The number of para-hydroxylation sites is 3. The number of allylic oxidation sites excluding steroid dienone is 1. The number of nitrogens with zero attached hydrogens (tertiary/aromatic N) is 2. The van der Waals surface area contributed by atoms with E-state index in [1.807, 2.05) is 0 Å². The summed E-state index contributed by atoms with van der Waals surface area (Å²) >= 11 is 0. The Morgan fingerprint density at radius 2 is 1.41 bits per heavy atom. The molecule has 1 aliphatic heterocycles. The Bertz CT molecular complexity index is 1530. The maximum Gasteiger partial charge on any atom is 0.0701 e. The van der Waals surface area contributed by atoms with Crippen molar-refractivity contribution in [2.45, 2.75) is 12.5 Å². The van der Waals surface area contributed by atoms with Crippen molar-refractivity contribution in [2.75, 3.05) is 38.9 Å². The lowest BCUT2D eigenvalue weighted by Gasteiger charge is -2.34. The summed E-state index contributed by atoms with van der Waals surface area (Å²) in [6, 6.07) is 32.9. The van der Waals surface area contributed by atoms with E-state index in [1.54, 1.807) is 7.11 Å². The Hall–Kier alpha value is -3.86. The summed E-state index contributed by atoms with van der Waals surface area (Å²) in [6.07, 6.45) is 4.64. The van der Waals surface area contributed by atoms with Gasteiger partial charge in [-0.3, -0.25) is 0 Å². The molecule has 1 aliphatic rings. The molecule has 0 spiro atoms. The van der Waals surface area contributed by atoms with Gasteiger partial charge in [0.15, 0.2) is 0 Å². The molecule has 6 rings (SSSR count). The summed E-state index contributed by atoms with van der Waals surface area (Å²) in [7, 11) is 3.86. The molecule has 0 aliphatic carbocycles. The first-order chi connectivity index (χ1) is 18.3. The van der Waals surface area contributed by atoms with E-state index in [1.165, 1.54) is 49.9 Å². The van der Waals surface area contributed by atoms with E-state index in [4.69, 9.17) is 9.47 Å². The topological polar surface area (TPSA) is 26.6 Å². The van der Waals surface area contributed by atoms with E-state index in [0.29, 0.717) is 19.8 Å². The number of aromatic nitrogens is 1. The second kappa shape index (κ2) is 10.3. The summed E-state index contributed by atoms with van der Waals surface area (Å²) in [4.78, 5) is 2.30. The van der Waals surface area contributed by atoms with E-state index in [9.17, 15) is 0 Å². The van der Waals surface area contributed by atoms with Crippen molar-refractivity contribution in [1.82, 2.24) is 4.57 Å². The molecule has 0 fully saturated rings. The van der Waals surface area contributed by atoms with E-state index in [0.717, 1.165) is 6.54 Å². The van der Waals surface area contributed by atoms with Gasteiger partial charge in [0.05, 0.1) is 19.8 Å². The van der Waals surface area contributed by atoms with Gasteiger partial charge in [0.25, 0.3) is 0 Å². The van der Waals surface area contributed by atoms with Crippen LogP contribution in [0.25, 0.3) is 27.9 Å². The van der Waals surface area contributed by atoms with E-state index in [2.05, 4.69) is 120 Å². The maximum absolute atomic E-state index is 5.78. The molecule has 0 bridgehead atoms. The normalized spacial score (nSPS) is 13.5. The number of fused-ring (bicyclic) bond motifs is 5. The predicted molar refractivity (Wildman–Crippen MR) is 154 cm³/mol. The molecule has 0 radical (unpaired) electrons. The van der Waals surface area contributed by atoms with Crippen LogP contribution in [0.3, 0.4) is 0 Å². The summed E-state index contributed by atoms with van der Waals surface area (Å²) in [5.74, 6) is 0.213. The molecule has 186 valence electrons. The molecule has 0 atom stereocenters. The molecular weight excluding hydrogens is 456 g/mol. The second-order valence-electron chi connectivity index (χ2n) is 9.56. The van der Waals surface area contributed by atoms with Gasteiger partial charge in [-0.2, -0.15) is 0 Å². The number of hydrogen-bond donors (Lipinski definition) is 0. The third-order valence-corrected chi connectivity index (χ3v) is 7.43. The van der Waals surface area contributed by atoms with E-state index in [-0.39, 0.29) is 5.92 Å². The third-order valence-electron chi connectivity index (χ3n) is 7.43. The van der Waals surface area contributed by atoms with Crippen molar-refractivity contribution >= 4 is 39.3 Å². The summed E-state index contributed by atoms with van der Waals surface area (Å²) in [5, 5.41) is 2.55.